The second kappa shape index (κ2) is 8.50. The van der Waals surface area contributed by atoms with Crippen molar-refractivity contribution in [3.8, 4) is 0 Å². The molecule has 1 aromatic carbocycles. The summed E-state index contributed by atoms with van der Waals surface area (Å²) in [5.74, 6) is -0.453. The Morgan fingerprint density at radius 2 is 1.96 bits per heavy atom. The van der Waals surface area contributed by atoms with E-state index in [9.17, 15) is 9.59 Å². The van der Waals surface area contributed by atoms with E-state index in [2.05, 4.69) is 5.32 Å². The van der Waals surface area contributed by atoms with Gasteiger partial charge in [0, 0.05) is 18.0 Å². The van der Waals surface area contributed by atoms with Gasteiger partial charge in [-0.2, -0.15) is 0 Å². The minimum Gasteiger partial charge on any atom is -0.343 e. The maximum Gasteiger partial charge on any atom is 0.244 e. The van der Waals surface area contributed by atoms with Gasteiger partial charge in [-0.25, -0.2) is 0 Å². The molecule has 6 heteroatoms. The predicted octanol–water partition coefficient (Wildman–Crippen LogP) is 3.19. The molecule has 2 amide bonds. The normalized spacial score (nSPS) is 10.7. The van der Waals surface area contributed by atoms with Crippen molar-refractivity contribution < 1.29 is 9.59 Å². The number of halogens is 1. The first-order valence-electron chi connectivity index (χ1n) is 7.04. The third kappa shape index (κ3) is 5.88. The number of carbonyl (C=O) groups excluding carboxylic acids is 2. The zero-order valence-corrected chi connectivity index (χ0v) is 14.2. The SMILES string of the molecule is CN(Cc1ccc(Cl)s1)C(=O)CNC(=O)/C=C/c1ccccc1. The summed E-state index contributed by atoms with van der Waals surface area (Å²) < 4.78 is 0.695. The maximum atomic E-state index is 12.0. The van der Waals surface area contributed by atoms with E-state index in [4.69, 9.17) is 11.6 Å². The summed E-state index contributed by atoms with van der Waals surface area (Å²) >= 11 is 7.30. The van der Waals surface area contributed by atoms with E-state index in [1.165, 1.54) is 17.4 Å². The van der Waals surface area contributed by atoms with Crippen molar-refractivity contribution in [1.29, 1.82) is 0 Å². The molecule has 4 nitrogen and oxygen atoms in total. The fourth-order valence-electron chi connectivity index (χ4n) is 1.85. The van der Waals surface area contributed by atoms with Crippen molar-refractivity contribution in [2.24, 2.45) is 0 Å². The molecular formula is C17H17ClN2O2S. The first-order valence-corrected chi connectivity index (χ1v) is 8.23. The van der Waals surface area contributed by atoms with Crippen LogP contribution in [0.25, 0.3) is 6.08 Å². The van der Waals surface area contributed by atoms with E-state index < -0.39 is 0 Å². The molecule has 0 bridgehead atoms. The summed E-state index contributed by atoms with van der Waals surface area (Å²) in [7, 11) is 1.70. The second-order valence-corrected chi connectivity index (χ2v) is 6.72. The van der Waals surface area contributed by atoms with Crippen LogP contribution in [-0.2, 0) is 16.1 Å². The number of hydrogen-bond acceptors (Lipinski definition) is 3. The molecule has 1 N–H and O–H groups in total. The van der Waals surface area contributed by atoms with Gasteiger partial charge in [0.25, 0.3) is 0 Å². The highest BCUT2D eigenvalue weighted by Gasteiger charge is 2.11. The van der Waals surface area contributed by atoms with Gasteiger partial charge < -0.3 is 10.2 Å². The zero-order chi connectivity index (χ0) is 16.7. The Kier molecular flexibility index (Phi) is 6.38. The topological polar surface area (TPSA) is 49.4 Å². The van der Waals surface area contributed by atoms with Gasteiger partial charge in [-0.1, -0.05) is 41.9 Å². The number of nitrogens with one attached hydrogen (secondary N) is 1. The number of rotatable bonds is 6. The van der Waals surface area contributed by atoms with Crippen molar-refractivity contribution in [3.05, 3.63) is 63.3 Å². The average Bonchev–Trinajstić information content (AvgIpc) is 2.96. The average molecular weight is 349 g/mol. The molecule has 0 fully saturated rings. The molecule has 2 rings (SSSR count). The molecule has 0 saturated heterocycles. The van der Waals surface area contributed by atoms with Gasteiger partial charge in [-0.3, -0.25) is 9.59 Å². The lowest BCUT2D eigenvalue weighted by molar-refractivity contribution is -0.131. The number of amides is 2. The second-order valence-electron chi connectivity index (χ2n) is 4.92. The Bertz CT molecular complexity index is 698. The lowest BCUT2D eigenvalue weighted by Gasteiger charge is -2.16. The largest absolute Gasteiger partial charge is 0.343 e. The number of nitrogens with zero attached hydrogens (tertiary/aromatic N) is 1. The number of benzene rings is 1. The van der Waals surface area contributed by atoms with Crippen molar-refractivity contribution in [2.75, 3.05) is 13.6 Å². The Balaban J connectivity index is 1.77. The third-order valence-corrected chi connectivity index (χ3v) is 4.30. The Morgan fingerprint density at radius 3 is 2.61 bits per heavy atom. The van der Waals surface area contributed by atoms with Gasteiger partial charge in [-0.15, -0.1) is 11.3 Å². The van der Waals surface area contributed by atoms with Crippen LogP contribution in [0.3, 0.4) is 0 Å². The van der Waals surface area contributed by atoms with Gasteiger partial charge in [-0.05, 0) is 23.8 Å². The van der Waals surface area contributed by atoms with Gasteiger partial charge >= 0.3 is 0 Å². The molecule has 1 aromatic heterocycles. The summed E-state index contributed by atoms with van der Waals surface area (Å²) in [4.78, 5) is 26.3. The standard InChI is InChI=1S/C17H17ClN2O2S/c1-20(12-14-8-9-15(18)23-14)17(22)11-19-16(21)10-7-13-5-3-2-4-6-13/h2-10H,11-12H2,1H3,(H,19,21)/b10-7+. The molecule has 23 heavy (non-hydrogen) atoms. The van der Waals surface area contributed by atoms with Gasteiger partial charge in [0.2, 0.25) is 11.8 Å². The number of thiophene rings is 1. The zero-order valence-electron chi connectivity index (χ0n) is 12.7. The Labute approximate surface area is 144 Å². The highest BCUT2D eigenvalue weighted by molar-refractivity contribution is 7.16. The Hall–Kier alpha value is -2.11. The van der Waals surface area contributed by atoms with E-state index in [1.807, 2.05) is 36.4 Å². The number of hydrogen-bond donors (Lipinski definition) is 1. The minimum atomic E-state index is -0.297. The highest BCUT2D eigenvalue weighted by Crippen LogP contribution is 2.22. The van der Waals surface area contributed by atoms with Crippen molar-refractivity contribution >= 4 is 40.8 Å². The molecule has 0 unspecified atom stereocenters. The van der Waals surface area contributed by atoms with E-state index in [0.29, 0.717) is 10.9 Å². The van der Waals surface area contributed by atoms with Crippen LogP contribution in [-0.4, -0.2) is 30.3 Å². The van der Waals surface area contributed by atoms with Crippen LogP contribution in [0.5, 0.6) is 0 Å². The molecule has 0 radical (unpaired) electrons. The molecular weight excluding hydrogens is 332 g/mol. The van der Waals surface area contributed by atoms with Crippen LogP contribution in [0.1, 0.15) is 10.4 Å². The van der Waals surface area contributed by atoms with Crippen LogP contribution in [0, 0.1) is 0 Å². The summed E-state index contributed by atoms with van der Waals surface area (Å²) in [6.45, 7) is 0.444. The summed E-state index contributed by atoms with van der Waals surface area (Å²) in [5.41, 5.74) is 0.931. The van der Waals surface area contributed by atoms with Crippen LogP contribution >= 0.6 is 22.9 Å². The molecule has 2 aromatic rings. The smallest absolute Gasteiger partial charge is 0.244 e. The molecule has 1 heterocycles. The Morgan fingerprint density at radius 1 is 1.22 bits per heavy atom. The molecule has 0 aliphatic rings. The van der Waals surface area contributed by atoms with Gasteiger partial charge in [0.1, 0.15) is 0 Å². The van der Waals surface area contributed by atoms with Gasteiger partial charge in [0.15, 0.2) is 0 Å². The van der Waals surface area contributed by atoms with E-state index in [-0.39, 0.29) is 18.4 Å². The summed E-state index contributed by atoms with van der Waals surface area (Å²) in [5, 5.41) is 2.58. The van der Waals surface area contributed by atoms with E-state index in [0.717, 1.165) is 10.4 Å². The van der Waals surface area contributed by atoms with Crippen molar-refractivity contribution in [3.63, 3.8) is 0 Å². The minimum absolute atomic E-state index is 0.0342. The highest BCUT2D eigenvalue weighted by atomic mass is 35.5. The molecule has 0 aliphatic heterocycles. The van der Waals surface area contributed by atoms with Crippen molar-refractivity contribution in [1.82, 2.24) is 10.2 Å². The molecule has 0 saturated carbocycles. The van der Waals surface area contributed by atoms with E-state index >= 15 is 0 Å². The number of likely N-dealkylation sites (N-methyl/N-ethyl adjacent to an activating group) is 1. The molecule has 0 spiro atoms. The fraction of sp³-hybridized carbons (Fsp3) is 0.176. The molecule has 0 atom stereocenters. The predicted molar refractivity (Wildman–Crippen MR) is 94.3 cm³/mol. The third-order valence-electron chi connectivity index (χ3n) is 3.09. The maximum absolute atomic E-state index is 12.0. The summed E-state index contributed by atoms with van der Waals surface area (Å²) in [6, 6.07) is 13.2. The lowest BCUT2D eigenvalue weighted by atomic mass is 10.2. The molecule has 0 aliphatic carbocycles. The van der Waals surface area contributed by atoms with Crippen LogP contribution in [0.15, 0.2) is 48.5 Å². The fourth-order valence-corrected chi connectivity index (χ4v) is 2.99. The first kappa shape index (κ1) is 17.2. The van der Waals surface area contributed by atoms with Crippen LogP contribution < -0.4 is 5.32 Å². The summed E-state index contributed by atoms with van der Waals surface area (Å²) in [6.07, 6.45) is 3.12. The quantitative estimate of drug-likeness (QED) is 0.815. The first-order chi connectivity index (χ1) is 11.0. The number of carbonyl (C=O) groups is 2. The molecule has 120 valence electrons. The van der Waals surface area contributed by atoms with E-state index in [1.54, 1.807) is 24.1 Å². The lowest BCUT2D eigenvalue weighted by Crippen LogP contribution is -2.37. The van der Waals surface area contributed by atoms with Crippen LogP contribution in [0.2, 0.25) is 4.34 Å². The van der Waals surface area contributed by atoms with Gasteiger partial charge in [0.05, 0.1) is 17.4 Å². The van der Waals surface area contributed by atoms with Crippen molar-refractivity contribution in [2.45, 2.75) is 6.54 Å². The monoisotopic (exact) mass is 348 g/mol. The van der Waals surface area contributed by atoms with Crippen LogP contribution in [0.4, 0.5) is 0 Å².